The van der Waals surface area contributed by atoms with Crippen molar-refractivity contribution in [1.29, 1.82) is 0 Å². The fourth-order valence-electron chi connectivity index (χ4n) is 1.98. The van der Waals surface area contributed by atoms with Crippen molar-refractivity contribution in [2.45, 2.75) is 46.0 Å². The van der Waals surface area contributed by atoms with E-state index in [0.29, 0.717) is 0 Å². The molecule has 0 aliphatic rings. The standard InChI is InChI=1S/C18H24O2/c1-3-5-7-9-15-11-16(10-8-6-4-2)13-17(12-15)14-18(19)20/h7-13H,3-6,14H2,1-2H3,(H,19,20)/p-1/b9-7+,10-8+. The lowest BCUT2D eigenvalue weighted by molar-refractivity contribution is -0.304. The van der Waals surface area contributed by atoms with Crippen LogP contribution in [-0.4, -0.2) is 5.97 Å². The minimum absolute atomic E-state index is 0.0376. The second-order valence-corrected chi connectivity index (χ2v) is 4.94. The molecule has 0 heterocycles. The Morgan fingerprint density at radius 2 is 1.50 bits per heavy atom. The van der Waals surface area contributed by atoms with E-state index in [0.717, 1.165) is 42.4 Å². The van der Waals surface area contributed by atoms with Crippen molar-refractivity contribution < 1.29 is 9.90 Å². The van der Waals surface area contributed by atoms with Gasteiger partial charge in [0.25, 0.3) is 0 Å². The molecule has 0 N–H and O–H groups in total. The molecular weight excluding hydrogens is 248 g/mol. The van der Waals surface area contributed by atoms with E-state index in [1.54, 1.807) is 0 Å². The Morgan fingerprint density at radius 1 is 1.00 bits per heavy atom. The van der Waals surface area contributed by atoms with Crippen LogP contribution < -0.4 is 5.11 Å². The highest BCUT2D eigenvalue weighted by Gasteiger charge is 1.98. The first-order valence-electron chi connectivity index (χ1n) is 7.32. The molecule has 1 aromatic carbocycles. The average molecular weight is 271 g/mol. The Balaban J connectivity index is 2.97. The predicted molar refractivity (Wildman–Crippen MR) is 83.0 cm³/mol. The van der Waals surface area contributed by atoms with Gasteiger partial charge in [-0.05, 0) is 35.6 Å². The normalized spacial score (nSPS) is 11.5. The smallest absolute Gasteiger partial charge is 0.0458 e. The maximum absolute atomic E-state index is 10.8. The molecule has 0 saturated carbocycles. The SMILES string of the molecule is CCC/C=C/c1cc(/C=C/CCC)cc(CC(=O)[O-])c1. The fourth-order valence-corrected chi connectivity index (χ4v) is 1.98. The van der Waals surface area contributed by atoms with Crippen molar-refractivity contribution in [1.82, 2.24) is 0 Å². The number of carbonyl (C=O) groups excluding carboxylic acids is 1. The first kappa shape index (κ1) is 16.2. The van der Waals surface area contributed by atoms with E-state index in [1.807, 2.05) is 12.1 Å². The van der Waals surface area contributed by atoms with E-state index in [4.69, 9.17) is 0 Å². The third-order valence-electron chi connectivity index (χ3n) is 2.92. The van der Waals surface area contributed by atoms with Crippen molar-refractivity contribution in [2.75, 3.05) is 0 Å². The van der Waals surface area contributed by atoms with Gasteiger partial charge in [-0.25, -0.2) is 0 Å². The number of carboxylic acids is 1. The molecule has 0 atom stereocenters. The highest BCUT2D eigenvalue weighted by molar-refractivity contribution is 5.70. The van der Waals surface area contributed by atoms with E-state index in [1.165, 1.54) is 0 Å². The molecule has 2 heteroatoms. The molecule has 0 unspecified atom stereocenters. The van der Waals surface area contributed by atoms with Gasteiger partial charge in [0, 0.05) is 12.4 Å². The van der Waals surface area contributed by atoms with Crippen LogP contribution >= 0.6 is 0 Å². The van der Waals surface area contributed by atoms with Gasteiger partial charge in [-0.15, -0.1) is 0 Å². The highest BCUT2D eigenvalue weighted by Crippen LogP contribution is 2.15. The summed E-state index contributed by atoms with van der Waals surface area (Å²) in [5, 5.41) is 10.8. The summed E-state index contributed by atoms with van der Waals surface area (Å²) in [4.78, 5) is 10.8. The van der Waals surface area contributed by atoms with Gasteiger partial charge >= 0.3 is 0 Å². The molecule has 1 aromatic rings. The third kappa shape index (κ3) is 6.37. The number of hydrogen-bond acceptors (Lipinski definition) is 2. The molecule has 0 fully saturated rings. The molecule has 108 valence electrons. The predicted octanol–water partition coefficient (Wildman–Crippen LogP) is 3.61. The molecular formula is C18H23O2-. The van der Waals surface area contributed by atoms with Crippen molar-refractivity contribution in [2.24, 2.45) is 0 Å². The fraction of sp³-hybridized carbons (Fsp3) is 0.389. The van der Waals surface area contributed by atoms with Crippen LogP contribution in [0.4, 0.5) is 0 Å². The summed E-state index contributed by atoms with van der Waals surface area (Å²) in [6.07, 6.45) is 12.6. The van der Waals surface area contributed by atoms with E-state index in [-0.39, 0.29) is 6.42 Å². The summed E-state index contributed by atoms with van der Waals surface area (Å²) in [5.74, 6) is -1.04. The molecule has 0 aliphatic heterocycles. The third-order valence-corrected chi connectivity index (χ3v) is 2.92. The lowest BCUT2D eigenvalue weighted by Crippen LogP contribution is -2.24. The van der Waals surface area contributed by atoms with Crippen LogP contribution in [0, 0.1) is 0 Å². The van der Waals surface area contributed by atoms with Crippen LogP contribution in [0.5, 0.6) is 0 Å². The molecule has 0 aromatic heterocycles. The topological polar surface area (TPSA) is 40.1 Å². The molecule has 0 spiro atoms. The molecule has 0 amide bonds. The summed E-state index contributed by atoms with van der Waals surface area (Å²) in [5.41, 5.74) is 2.89. The monoisotopic (exact) mass is 271 g/mol. The number of unbranched alkanes of at least 4 members (excludes halogenated alkanes) is 2. The molecule has 2 nitrogen and oxygen atoms in total. The van der Waals surface area contributed by atoms with E-state index in [2.05, 4.69) is 44.2 Å². The summed E-state index contributed by atoms with van der Waals surface area (Å²) >= 11 is 0. The number of carboxylic acid groups (broad SMARTS) is 1. The molecule has 0 radical (unpaired) electrons. The first-order chi connectivity index (χ1) is 9.65. The van der Waals surface area contributed by atoms with Crippen LogP contribution in [0.3, 0.4) is 0 Å². The minimum Gasteiger partial charge on any atom is -0.550 e. The van der Waals surface area contributed by atoms with Crippen LogP contribution in [0.15, 0.2) is 30.4 Å². The molecule has 0 aliphatic carbocycles. The number of carbonyl (C=O) groups is 1. The Morgan fingerprint density at radius 3 is 1.90 bits per heavy atom. The second-order valence-electron chi connectivity index (χ2n) is 4.94. The second kappa shape index (κ2) is 9.13. The van der Waals surface area contributed by atoms with Gasteiger partial charge in [0.2, 0.25) is 0 Å². The zero-order valence-electron chi connectivity index (χ0n) is 12.4. The number of benzene rings is 1. The zero-order chi connectivity index (χ0) is 14.8. The summed E-state index contributed by atoms with van der Waals surface area (Å²) < 4.78 is 0. The zero-order valence-corrected chi connectivity index (χ0v) is 12.4. The molecule has 0 saturated heterocycles. The summed E-state index contributed by atoms with van der Waals surface area (Å²) in [6, 6.07) is 5.91. The molecule has 0 bridgehead atoms. The van der Waals surface area contributed by atoms with E-state index >= 15 is 0 Å². The highest BCUT2D eigenvalue weighted by atomic mass is 16.4. The number of aliphatic carboxylic acids is 1. The first-order valence-corrected chi connectivity index (χ1v) is 7.32. The van der Waals surface area contributed by atoms with Crippen LogP contribution in [0.1, 0.15) is 56.2 Å². The number of hydrogen-bond donors (Lipinski definition) is 0. The molecule has 1 rings (SSSR count). The Bertz CT molecular complexity index is 450. The largest absolute Gasteiger partial charge is 0.550 e. The van der Waals surface area contributed by atoms with E-state index in [9.17, 15) is 9.90 Å². The lowest BCUT2D eigenvalue weighted by atomic mass is 10.0. The summed E-state index contributed by atoms with van der Waals surface area (Å²) in [7, 11) is 0. The number of allylic oxidation sites excluding steroid dienone is 2. The van der Waals surface area contributed by atoms with Gasteiger partial charge in [-0.3, -0.25) is 0 Å². The molecule has 20 heavy (non-hydrogen) atoms. The minimum atomic E-state index is -1.04. The average Bonchev–Trinajstić information content (AvgIpc) is 2.38. The quantitative estimate of drug-likeness (QED) is 0.724. The van der Waals surface area contributed by atoms with Crippen molar-refractivity contribution >= 4 is 18.1 Å². The lowest BCUT2D eigenvalue weighted by Gasteiger charge is -2.06. The van der Waals surface area contributed by atoms with Gasteiger partial charge in [-0.1, -0.05) is 63.1 Å². The van der Waals surface area contributed by atoms with Gasteiger partial charge in [0.05, 0.1) is 0 Å². The summed E-state index contributed by atoms with van der Waals surface area (Å²) in [6.45, 7) is 4.27. The van der Waals surface area contributed by atoms with Gasteiger partial charge in [0.15, 0.2) is 0 Å². The Hall–Kier alpha value is -1.83. The van der Waals surface area contributed by atoms with Crippen molar-refractivity contribution in [3.05, 3.63) is 47.0 Å². The maximum atomic E-state index is 10.8. The van der Waals surface area contributed by atoms with Crippen molar-refractivity contribution in [3.63, 3.8) is 0 Å². The Labute approximate surface area is 121 Å². The Kier molecular flexibility index (Phi) is 7.41. The van der Waals surface area contributed by atoms with Crippen LogP contribution in [0.25, 0.3) is 12.2 Å². The maximum Gasteiger partial charge on any atom is 0.0458 e. The number of rotatable bonds is 8. The van der Waals surface area contributed by atoms with Crippen LogP contribution in [0.2, 0.25) is 0 Å². The van der Waals surface area contributed by atoms with Gasteiger partial charge in [0.1, 0.15) is 0 Å². The van der Waals surface area contributed by atoms with Crippen molar-refractivity contribution in [3.8, 4) is 0 Å². The van der Waals surface area contributed by atoms with E-state index < -0.39 is 5.97 Å². The van der Waals surface area contributed by atoms with Gasteiger partial charge < -0.3 is 9.90 Å². The van der Waals surface area contributed by atoms with Crippen LogP contribution in [-0.2, 0) is 11.2 Å². The van der Waals surface area contributed by atoms with Gasteiger partial charge in [-0.2, -0.15) is 0 Å².